The maximum atomic E-state index is 9.84. The van der Waals surface area contributed by atoms with Gasteiger partial charge in [0.15, 0.2) is 0 Å². The molecule has 1 aliphatic rings. The monoisotopic (exact) mass is 414 g/mol. The zero-order chi connectivity index (χ0) is 21.1. The van der Waals surface area contributed by atoms with Crippen LogP contribution in [-0.2, 0) is 9.16 Å². The highest BCUT2D eigenvalue weighted by Crippen LogP contribution is 2.39. The lowest BCUT2D eigenvalue weighted by Gasteiger charge is -2.44. The molecule has 0 aromatic heterocycles. The van der Waals surface area contributed by atoms with Crippen LogP contribution in [0.4, 0.5) is 0 Å². The van der Waals surface area contributed by atoms with Crippen LogP contribution in [0.2, 0.25) is 5.04 Å². The Morgan fingerprint density at radius 2 is 1.34 bits per heavy atom. The molecule has 5 heteroatoms. The summed E-state index contributed by atoms with van der Waals surface area (Å²) < 4.78 is 12.9. The first-order valence-corrected chi connectivity index (χ1v) is 12.4. The molecule has 29 heavy (non-hydrogen) atoms. The van der Waals surface area contributed by atoms with Crippen molar-refractivity contribution in [3.63, 3.8) is 0 Å². The predicted molar refractivity (Wildman–Crippen MR) is 119 cm³/mol. The Kier molecular flexibility index (Phi) is 6.97. The van der Waals surface area contributed by atoms with E-state index in [2.05, 4.69) is 76.2 Å². The van der Waals surface area contributed by atoms with Crippen LogP contribution >= 0.6 is 0 Å². The maximum absolute atomic E-state index is 9.84. The summed E-state index contributed by atoms with van der Waals surface area (Å²) in [6, 6.07) is 21.1. The van der Waals surface area contributed by atoms with Crippen LogP contribution < -0.4 is 10.4 Å². The Labute approximate surface area is 175 Å². The molecule has 2 N–H and O–H groups in total. The minimum Gasteiger partial charge on any atom is -0.407 e. The van der Waals surface area contributed by atoms with E-state index in [1.54, 1.807) is 0 Å². The van der Waals surface area contributed by atoms with Crippen molar-refractivity contribution in [3.8, 4) is 0 Å². The van der Waals surface area contributed by atoms with Crippen LogP contribution in [0.3, 0.4) is 0 Å². The fraction of sp³-hybridized carbons (Fsp3) is 0.500. The lowest BCUT2D eigenvalue weighted by atomic mass is 9.90. The van der Waals surface area contributed by atoms with Gasteiger partial charge < -0.3 is 19.4 Å². The van der Waals surface area contributed by atoms with Crippen molar-refractivity contribution in [2.24, 2.45) is 11.8 Å². The van der Waals surface area contributed by atoms with Gasteiger partial charge in [-0.1, -0.05) is 88.4 Å². The SMILES string of the molecule is C[C@@H]1[C@H](CO[Si](c2ccccc2)(c2ccccc2)C(C)(C)C)[C@H](CO)O[C@@H]1CO. The van der Waals surface area contributed by atoms with Crippen molar-refractivity contribution >= 4 is 18.7 Å². The van der Waals surface area contributed by atoms with Crippen LogP contribution in [-0.4, -0.2) is 50.6 Å². The molecule has 0 bridgehead atoms. The van der Waals surface area contributed by atoms with Gasteiger partial charge in [0, 0.05) is 12.5 Å². The molecule has 0 aliphatic carbocycles. The molecule has 158 valence electrons. The highest BCUT2D eigenvalue weighted by Gasteiger charge is 2.51. The summed E-state index contributed by atoms with van der Waals surface area (Å²) in [5, 5.41) is 21.9. The van der Waals surface area contributed by atoms with E-state index >= 15 is 0 Å². The van der Waals surface area contributed by atoms with Crippen LogP contribution in [0.1, 0.15) is 27.7 Å². The molecule has 1 heterocycles. The van der Waals surface area contributed by atoms with Crippen molar-refractivity contribution in [2.45, 2.75) is 44.9 Å². The number of ether oxygens (including phenoxy) is 1. The Balaban J connectivity index is 2.02. The van der Waals surface area contributed by atoms with Gasteiger partial charge in [-0.25, -0.2) is 0 Å². The smallest absolute Gasteiger partial charge is 0.261 e. The van der Waals surface area contributed by atoms with Gasteiger partial charge in [0.05, 0.1) is 25.4 Å². The zero-order valence-electron chi connectivity index (χ0n) is 17.9. The minimum absolute atomic E-state index is 0.0343. The number of hydrogen-bond donors (Lipinski definition) is 2. The summed E-state index contributed by atoms with van der Waals surface area (Å²) in [6.45, 7) is 9.25. The minimum atomic E-state index is -2.62. The van der Waals surface area contributed by atoms with E-state index in [-0.39, 0.29) is 42.3 Å². The first kappa shape index (κ1) is 22.2. The van der Waals surface area contributed by atoms with Crippen LogP contribution in [0.25, 0.3) is 0 Å². The number of rotatable bonds is 7. The van der Waals surface area contributed by atoms with Crippen molar-refractivity contribution in [1.82, 2.24) is 0 Å². The van der Waals surface area contributed by atoms with Crippen LogP contribution in [0, 0.1) is 11.8 Å². The molecule has 3 rings (SSSR count). The largest absolute Gasteiger partial charge is 0.407 e. The summed E-state index contributed by atoms with van der Waals surface area (Å²) in [5.74, 6) is 0.161. The van der Waals surface area contributed by atoms with E-state index in [0.717, 1.165) is 0 Å². The Morgan fingerprint density at radius 1 is 0.862 bits per heavy atom. The third-order valence-electron chi connectivity index (χ3n) is 6.36. The molecule has 1 saturated heterocycles. The highest BCUT2D eigenvalue weighted by atomic mass is 28.4. The number of hydrogen-bond acceptors (Lipinski definition) is 4. The number of aliphatic hydroxyl groups excluding tert-OH is 2. The molecule has 0 saturated carbocycles. The number of aliphatic hydroxyl groups is 2. The first-order chi connectivity index (χ1) is 13.8. The standard InChI is InChI=1S/C24H34O4Si/c1-18-21(23(16-26)28-22(18)15-25)17-27-29(24(2,3)4,19-11-7-5-8-12-19)20-13-9-6-10-14-20/h5-14,18,21-23,25-26H,15-17H2,1-4H3/t18-,21+,22-,23+/m1/s1. The lowest BCUT2D eigenvalue weighted by Crippen LogP contribution is -2.67. The van der Waals surface area contributed by atoms with Crippen molar-refractivity contribution in [2.75, 3.05) is 19.8 Å². The summed E-state index contributed by atoms with van der Waals surface area (Å²) in [5.41, 5.74) is 0. The summed E-state index contributed by atoms with van der Waals surface area (Å²) in [4.78, 5) is 0. The van der Waals surface area contributed by atoms with E-state index in [9.17, 15) is 10.2 Å². The molecule has 4 atom stereocenters. The molecule has 0 amide bonds. The van der Waals surface area contributed by atoms with Crippen molar-refractivity contribution in [1.29, 1.82) is 0 Å². The zero-order valence-corrected chi connectivity index (χ0v) is 18.9. The second kappa shape index (κ2) is 9.10. The van der Waals surface area contributed by atoms with Gasteiger partial charge in [0.25, 0.3) is 8.32 Å². The molecule has 0 radical (unpaired) electrons. The third kappa shape index (κ3) is 4.20. The topological polar surface area (TPSA) is 58.9 Å². The molecule has 1 aliphatic heterocycles. The average molecular weight is 415 g/mol. The fourth-order valence-corrected chi connectivity index (χ4v) is 9.29. The van der Waals surface area contributed by atoms with Crippen LogP contribution in [0.5, 0.6) is 0 Å². The van der Waals surface area contributed by atoms with Gasteiger partial charge >= 0.3 is 0 Å². The highest BCUT2D eigenvalue weighted by molar-refractivity contribution is 6.99. The second-order valence-corrected chi connectivity index (χ2v) is 13.4. The summed E-state index contributed by atoms with van der Waals surface area (Å²) >= 11 is 0. The van der Waals surface area contributed by atoms with Crippen molar-refractivity contribution in [3.05, 3.63) is 60.7 Å². The molecular formula is C24H34O4Si. The normalized spacial score (nSPS) is 25.3. The van der Waals surface area contributed by atoms with E-state index in [4.69, 9.17) is 9.16 Å². The van der Waals surface area contributed by atoms with Gasteiger partial charge in [-0.05, 0) is 21.3 Å². The molecule has 0 unspecified atom stereocenters. The average Bonchev–Trinajstić information content (AvgIpc) is 3.04. The van der Waals surface area contributed by atoms with Crippen LogP contribution in [0.15, 0.2) is 60.7 Å². The molecule has 2 aromatic carbocycles. The summed E-state index contributed by atoms with van der Waals surface area (Å²) in [6.07, 6.45) is -0.555. The first-order valence-electron chi connectivity index (χ1n) is 10.5. The molecule has 2 aromatic rings. The van der Waals surface area contributed by atoms with E-state index < -0.39 is 8.32 Å². The van der Waals surface area contributed by atoms with Gasteiger partial charge in [-0.3, -0.25) is 0 Å². The summed E-state index contributed by atoms with van der Waals surface area (Å²) in [7, 11) is -2.62. The van der Waals surface area contributed by atoms with Gasteiger partial charge in [0.2, 0.25) is 0 Å². The van der Waals surface area contributed by atoms with E-state index in [1.807, 2.05) is 12.1 Å². The fourth-order valence-electron chi connectivity index (χ4n) is 4.69. The van der Waals surface area contributed by atoms with E-state index in [1.165, 1.54) is 10.4 Å². The molecule has 1 fully saturated rings. The molecule has 0 spiro atoms. The Hall–Kier alpha value is -1.50. The van der Waals surface area contributed by atoms with Gasteiger partial charge in [-0.2, -0.15) is 0 Å². The van der Waals surface area contributed by atoms with E-state index in [0.29, 0.717) is 6.61 Å². The Bertz CT molecular complexity index is 718. The van der Waals surface area contributed by atoms with Crippen molar-refractivity contribution < 1.29 is 19.4 Å². The predicted octanol–water partition coefficient (Wildman–Crippen LogP) is 2.57. The second-order valence-electron chi connectivity index (χ2n) is 9.08. The number of benzene rings is 2. The third-order valence-corrected chi connectivity index (χ3v) is 11.4. The molecule has 4 nitrogen and oxygen atoms in total. The quantitative estimate of drug-likeness (QED) is 0.684. The Morgan fingerprint density at radius 3 is 1.76 bits per heavy atom. The maximum Gasteiger partial charge on any atom is 0.261 e. The van der Waals surface area contributed by atoms with Gasteiger partial charge in [0.1, 0.15) is 0 Å². The lowest BCUT2D eigenvalue weighted by molar-refractivity contribution is -0.0273. The molecular weight excluding hydrogens is 380 g/mol. The van der Waals surface area contributed by atoms with Gasteiger partial charge in [-0.15, -0.1) is 0 Å².